The SMILES string of the molecule is COc1ccc(C(=O)Nc2ccccc2C(=O)NCc2ccc(C)cc2)cc1. The number of nitrogens with one attached hydrogen (secondary N) is 2. The van der Waals surface area contributed by atoms with Crippen molar-refractivity contribution < 1.29 is 14.3 Å². The van der Waals surface area contributed by atoms with Crippen LogP contribution in [0.1, 0.15) is 31.8 Å². The molecule has 3 aromatic rings. The smallest absolute Gasteiger partial charge is 0.255 e. The first-order chi connectivity index (χ1) is 13.6. The average Bonchev–Trinajstić information content (AvgIpc) is 2.73. The van der Waals surface area contributed by atoms with Crippen LogP contribution < -0.4 is 15.4 Å². The number of amides is 2. The summed E-state index contributed by atoms with van der Waals surface area (Å²) in [5.74, 6) is 0.139. The minimum atomic E-state index is -0.290. The van der Waals surface area contributed by atoms with E-state index < -0.39 is 0 Å². The molecule has 28 heavy (non-hydrogen) atoms. The second-order valence-corrected chi connectivity index (χ2v) is 6.40. The van der Waals surface area contributed by atoms with E-state index in [-0.39, 0.29) is 11.8 Å². The van der Waals surface area contributed by atoms with Gasteiger partial charge in [0.05, 0.1) is 18.4 Å². The van der Waals surface area contributed by atoms with Crippen LogP contribution in [0.3, 0.4) is 0 Å². The van der Waals surface area contributed by atoms with Crippen molar-refractivity contribution in [2.24, 2.45) is 0 Å². The molecule has 5 nitrogen and oxygen atoms in total. The van der Waals surface area contributed by atoms with E-state index in [4.69, 9.17) is 4.74 Å². The molecule has 0 heterocycles. The number of hydrogen-bond acceptors (Lipinski definition) is 3. The van der Waals surface area contributed by atoms with E-state index in [1.54, 1.807) is 55.6 Å². The highest BCUT2D eigenvalue weighted by molar-refractivity contribution is 6.09. The summed E-state index contributed by atoms with van der Waals surface area (Å²) in [5, 5.41) is 5.71. The Labute approximate surface area is 164 Å². The monoisotopic (exact) mass is 374 g/mol. The first-order valence-electron chi connectivity index (χ1n) is 8.95. The quantitative estimate of drug-likeness (QED) is 0.680. The molecule has 2 amide bonds. The minimum Gasteiger partial charge on any atom is -0.497 e. The maximum absolute atomic E-state index is 12.6. The maximum atomic E-state index is 12.6. The third-order valence-electron chi connectivity index (χ3n) is 4.35. The minimum absolute atomic E-state index is 0.244. The Morgan fingerprint density at radius 3 is 2.21 bits per heavy atom. The van der Waals surface area contributed by atoms with Gasteiger partial charge < -0.3 is 15.4 Å². The maximum Gasteiger partial charge on any atom is 0.255 e. The predicted molar refractivity (Wildman–Crippen MR) is 110 cm³/mol. The summed E-state index contributed by atoms with van der Waals surface area (Å²) in [7, 11) is 1.57. The van der Waals surface area contributed by atoms with E-state index in [1.807, 2.05) is 31.2 Å². The number of anilines is 1. The molecule has 0 aromatic heterocycles. The first-order valence-corrected chi connectivity index (χ1v) is 8.95. The third kappa shape index (κ3) is 4.76. The molecule has 0 atom stereocenters. The summed E-state index contributed by atoms with van der Waals surface area (Å²) in [5.41, 5.74) is 3.54. The van der Waals surface area contributed by atoms with Crippen molar-refractivity contribution in [1.82, 2.24) is 5.32 Å². The van der Waals surface area contributed by atoms with Gasteiger partial charge in [-0.05, 0) is 48.9 Å². The molecule has 142 valence electrons. The number of para-hydroxylation sites is 1. The van der Waals surface area contributed by atoms with Crippen LogP contribution in [0.25, 0.3) is 0 Å². The van der Waals surface area contributed by atoms with Gasteiger partial charge in [-0.3, -0.25) is 9.59 Å². The lowest BCUT2D eigenvalue weighted by atomic mass is 10.1. The van der Waals surface area contributed by atoms with Crippen LogP contribution in [-0.4, -0.2) is 18.9 Å². The summed E-state index contributed by atoms with van der Waals surface area (Å²) >= 11 is 0. The number of benzene rings is 3. The topological polar surface area (TPSA) is 67.4 Å². The van der Waals surface area contributed by atoms with Crippen molar-refractivity contribution in [3.63, 3.8) is 0 Å². The molecule has 3 aromatic carbocycles. The van der Waals surface area contributed by atoms with Gasteiger partial charge in [0.2, 0.25) is 0 Å². The lowest BCUT2D eigenvalue weighted by Crippen LogP contribution is -2.24. The molecule has 0 aliphatic heterocycles. The van der Waals surface area contributed by atoms with Crippen LogP contribution in [-0.2, 0) is 6.54 Å². The number of carbonyl (C=O) groups excluding carboxylic acids is 2. The second-order valence-electron chi connectivity index (χ2n) is 6.40. The van der Waals surface area contributed by atoms with Crippen LogP contribution in [0, 0.1) is 6.92 Å². The Morgan fingerprint density at radius 2 is 1.54 bits per heavy atom. The van der Waals surface area contributed by atoms with Crippen molar-refractivity contribution in [1.29, 1.82) is 0 Å². The van der Waals surface area contributed by atoms with Crippen molar-refractivity contribution in [3.8, 4) is 5.75 Å². The van der Waals surface area contributed by atoms with E-state index >= 15 is 0 Å². The average molecular weight is 374 g/mol. The van der Waals surface area contributed by atoms with E-state index in [0.29, 0.717) is 29.1 Å². The summed E-state index contributed by atoms with van der Waals surface area (Å²) in [6.07, 6.45) is 0. The number of carbonyl (C=O) groups is 2. The van der Waals surface area contributed by atoms with Gasteiger partial charge in [0, 0.05) is 12.1 Å². The zero-order chi connectivity index (χ0) is 19.9. The van der Waals surface area contributed by atoms with Crippen LogP contribution in [0.5, 0.6) is 5.75 Å². The van der Waals surface area contributed by atoms with E-state index in [9.17, 15) is 9.59 Å². The fourth-order valence-corrected chi connectivity index (χ4v) is 2.71. The van der Waals surface area contributed by atoms with Gasteiger partial charge >= 0.3 is 0 Å². The fourth-order valence-electron chi connectivity index (χ4n) is 2.71. The highest BCUT2D eigenvalue weighted by atomic mass is 16.5. The molecular formula is C23H22N2O3. The van der Waals surface area contributed by atoms with Crippen molar-refractivity contribution in [2.75, 3.05) is 12.4 Å². The summed E-state index contributed by atoms with van der Waals surface area (Å²) in [6.45, 7) is 2.43. The lowest BCUT2D eigenvalue weighted by Gasteiger charge is -2.12. The highest BCUT2D eigenvalue weighted by Crippen LogP contribution is 2.18. The highest BCUT2D eigenvalue weighted by Gasteiger charge is 2.14. The fraction of sp³-hybridized carbons (Fsp3) is 0.130. The van der Waals surface area contributed by atoms with Crippen LogP contribution in [0.15, 0.2) is 72.8 Å². The Hall–Kier alpha value is -3.60. The normalized spacial score (nSPS) is 10.2. The van der Waals surface area contributed by atoms with Crippen LogP contribution >= 0.6 is 0 Å². The lowest BCUT2D eigenvalue weighted by molar-refractivity contribution is 0.0952. The molecule has 0 spiro atoms. The van der Waals surface area contributed by atoms with Gasteiger partial charge in [-0.25, -0.2) is 0 Å². The van der Waals surface area contributed by atoms with Crippen LogP contribution in [0.4, 0.5) is 5.69 Å². The van der Waals surface area contributed by atoms with Gasteiger partial charge in [-0.1, -0.05) is 42.0 Å². The molecular weight excluding hydrogens is 352 g/mol. The van der Waals surface area contributed by atoms with E-state index in [0.717, 1.165) is 5.56 Å². The Bertz CT molecular complexity index is 964. The molecule has 0 aliphatic rings. The number of ether oxygens (including phenoxy) is 1. The molecule has 0 bridgehead atoms. The molecule has 0 aliphatic carbocycles. The largest absolute Gasteiger partial charge is 0.497 e. The van der Waals surface area contributed by atoms with E-state index in [1.165, 1.54) is 5.56 Å². The van der Waals surface area contributed by atoms with Gasteiger partial charge in [-0.15, -0.1) is 0 Å². The molecule has 0 fully saturated rings. The number of hydrogen-bond donors (Lipinski definition) is 2. The number of aryl methyl sites for hydroxylation is 1. The molecule has 3 rings (SSSR count). The number of methoxy groups -OCH3 is 1. The Balaban J connectivity index is 1.70. The van der Waals surface area contributed by atoms with Crippen molar-refractivity contribution in [2.45, 2.75) is 13.5 Å². The van der Waals surface area contributed by atoms with Crippen molar-refractivity contribution >= 4 is 17.5 Å². The summed E-state index contributed by atoms with van der Waals surface area (Å²) < 4.78 is 5.10. The van der Waals surface area contributed by atoms with Gasteiger partial charge in [0.25, 0.3) is 11.8 Å². The summed E-state index contributed by atoms with van der Waals surface area (Å²) in [4.78, 5) is 25.1. The van der Waals surface area contributed by atoms with Crippen molar-refractivity contribution in [3.05, 3.63) is 95.1 Å². The molecule has 2 N–H and O–H groups in total. The van der Waals surface area contributed by atoms with Crippen LogP contribution in [0.2, 0.25) is 0 Å². The molecule has 5 heteroatoms. The molecule has 0 radical (unpaired) electrons. The Kier molecular flexibility index (Phi) is 6.07. The second kappa shape index (κ2) is 8.86. The van der Waals surface area contributed by atoms with Gasteiger partial charge in [0.1, 0.15) is 5.75 Å². The zero-order valence-electron chi connectivity index (χ0n) is 15.9. The molecule has 0 unspecified atom stereocenters. The zero-order valence-corrected chi connectivity index (χ0v) is 15.9. The summed E-state index contributed by atoms with van der Waals surface area (Å²) in [6, 6.07) is 21.7. The third-order valence-corrected chi connectivity index (χ3v) is 4.35. The van der Waals surface area contributed by atoms with Gasteiger partial charge in [0.15, 0.2) is 0 Å². The molecule has 0 saturated heterocycles. The molecule has 0 saturated carbocycles. The Morgan fingerprint density at radius 1 is 0.857 bits per heavy atom. The first kappa shape index (κ1) is 19.2. The van der Waals surface area contributed by atoms with Gasteiger partial charge in [-0.2, -0.15) is 0 Å². The number of rotatable bonds is 6. The predicted octanol–water partition coefficient (Wildman–Crippen LogP) is 4.19. The standard InChI is InChI=1S/C23H22N2O3/c1-16-7-9-17(10-8-16)15-24-23(27)20-5-3-4-6-21(20)25-22(26)18-11-13-19(28-2)14-12-18/h3-14H,15H2,1-2H3,(H,24,27)(H,25,26). The van der Waals surface area contributed by atoms with E-state index in [2.05, 4.69) is 10.6 Å².